The highest BCUT2D eigenvalue weighted by Gasteiger charge is 2.21. The number of hydrogen-bond donors (Lipinski definition) is 2. The monoisotopic (exact) mass is 376 g/mol. The third kappa shape index (κ3) is 4.78. The first-order valence-electron chi connectivity index (χ1n) is 8.10. The molecule has 0 unspecified atom stereocenters. The minimum absolute atomic E-state index is 0.427. The fourth-order valence-electron chi connectivity index (χ4n) is 2.76. The van der Waals surface area contributed by atoms with Crippen LogP contribution in [0.1, 0.15) is 39.0 Å². The molecular formula is C18H20N2O3S2. The van der Waals surface area contributed by atoms with Gasteiger partial charge in [0.15, 0.2) is 0 Å². The Hall–Kier alpha value is -1.96. The molecule has 1 aliphatic rings. The van der Waals surface area contributed by atoms with Crippen molar-refractivity contribution in [1.29, 1.82) is 0 Å². The first-order valence-corrected chi connectivity index (χ1v) is 10.5. The number of aryl methyl sites for hydroxylation is 1. The Bertz CT molecular complexity index is 886. The Balaban J connectivity index is 1.61. The molecule has 1 amide bonds. The number of carbonyl (C=O) groups is 1. The van der Waals surface area contributed by atoms with E-state index >= 15 is 0 Å². The normalized spacial score (nSPS) is 17.4. The molecule has 7 heteroatoms. The number of rotatable bonds is 5. The number of amides is 1. The Morgan fingerprint density at radius 1 is 1.28 bits per heavy atom. The standard InChI is InChI=1S/C18H20N2O3S2/c1-13-7-8-16-15(11-13)12-17(24-16)18(21)19-20-25(22,23)10-9-14-5-3-2-4-6-14/h2-6,9-10,12-13,20H,7-8,11H2,1H3,(H,19,21)/b10-9+/t13-/m0/s1. The van der Waals surface area contributed by atoms with Gasteiger partial charge in [0, 0.05) is 10.3 Å². The zero-order valence-corrected chi connectivity index (χ0v) is 15.5. The molecule has 5 nitrogen and oxygen atoms in total. The summed E-state index contributed by atoms with van der Waals surface area (Å²) in [6, 6.07) is 11.0. The van der Waals surface area contributed by atoms with Crippen LogP contribution in [0.2, 0.25) is 0 Å². The molecule has 0 spiro atoms. The van der Waals surface area contributed by atoms with Crippen molar-refractivity contribution in [3.63, 3.8) is 0 Å². The quantitative estimate of drug-likeness (QED) is 0.788. The summed E-state index contributed by atoms with van der Waals surface area (Å²) in [5, 5.41) is 1.03. The van der Waals surface area contributed by atoms with Gasteiger partial charge >= 0.3 is 0 Å². The van der Waals surface area contributed by atoms with Crippen LogP contribution in [0.5, 0.6) is 0 Å². The highest BCUT2D eigenvalue weighted by molar-refractivity contribution is 7.92. The van der Waals surface area contributed by atoms with Crippen LogP contribution in [0, 0.1) is 5.92 Å². The van der Waals surface area contributed by atoms with Gasteiger partial charge in [0.1, 0.15) is 0 Å². The van der Waals surface area contributed by atoms with Crippen molar-refractivity contribution < 1.29 is 13.2 Å². The van der Waals surface area contributed by atoms with Crippen LogP contribution in [0.4, 0.5) is 0 Å². The lowest BCUT2D eigenvalue weighted by atomic mass is 9.90. The number of benzene rings is 1. The molecule has 1 heterocycles. The first kappa shape index (κ1) is 17.8. The molecule has 132 valence electrons. The zero-order chi connectivity index (χ0) is 17.9. The van der Waals surface area contributed by atoms with Crippen molar-refractivity contribution in [3.8, 4) is 0 Å². The van der Waals surface area contributed by atoms with Crippen molar-refractivity contribution in [1.82, 2.24) is 10.3 Å². The second-order valence-electron chi connectivity index (χ2n) is 6.22. The van der Waals surface area contributed by atoms with Crippen LogP contribution in [0.3, 0.4) is 0 Å². The lowest BCUT2D eigenvalue weighted by Gasteiger charge is -2.16. The minimum Gasteiger partial charge on any atom is -0.273 e. The van der Waals surface area contributed by atoms with E-state index in [1.165, 1.54) is 27.9 Å². The largest absolute Gasteiger partial charge is 0.276 e. The number of carbonyl (C=O) groups excluding carboxylic acids is 1. The van der Waals surface area contributed by atoms with E-state index < -0.39 is 15.9 Å². The number of hydrogen-bond acceptors (Lipinski definition) is 4. The van der Waals surface area contributed by atoms with Gasteiger partial charge in [0.05, 0.1) is 4.88 Å². The van der Waals surface area contributed by atoms with Gasteiger partial charge in [0.25, 0.3) is 15.9 Å². The van der Waals surface area contributed by atoms with Gasteiger partial charge in [-0.25, -0.2) is 8.42 Å². The molecule has 3 rings (SSSR count). The zero-order valence-electron chi connectivity index (χ0n) is 13.9. The van der Waals surface area contributed by atoms with E-state index in [0.717, 1.165) is 30.2 Å². The summed E-state index contributed by atoms with van der Waals surface area (Å²) in [6.07, 6.45) is 4.57. The molecule has 2 aromatic rings. The fraction of sp³-hybridized carbons (Fsp3) is 0.278. The highest BCUT2D eigenvalue weighted by atomic mass is 32.2. The van der Waals surface area contributed by atoms with Crippen molar-refractivity contribution >= 4 is 33.3 Å². The van der Waals surface area contributed by atoms with E-state index in [9.17, 15) is 13.2 Å². The Morgan fingerprint density at radius 3 is 2.80 bits per heavy atom. The van der Waals surface area contributed by atoms with Crippen molar-refractivity contribution in [2.24, 2.45) is 5.92 Å². The van der Waals surface area contributed by atoms with Gasteiger partial charge in [-0.2, -0.15) is 0 Å². The fourth-order valence-corrected chi connectivity index (χ4v) is 4.51. The Labute approximate surface area is 151 Å². The third-order valence-electron chi connectivity index (χ3n) is 4.10. The lowest BCUT2D eigenvalue weighted by molar-refractivity contribution is 0.0949. The number of hydrazine groups is 1. The van der Waals surface area contributed by atoms with E-state index in [1.54, 1.807) is 12.1 Å². The summed E-state index contributed by atoms with van der Waals surface area (Å²) < 4.78 is 23.9. The number of thiophene rings is 1. The Morgan fingerprint density at radius 2 is 2.04 bits per heavy atom. The second-order valence-corrected chi connectivity index (χ2v) is 8.92. The molecule has 1 aliphatic carbocycles. The topological polar surface area (TPSA) is 75.3 Å². The van der Waals surface area contributed by atoms with Crippen LogP contribution < -0.4 is 10.3 Å². The van der Waals surface area contributed by atoms with E-state index in [1.807, 2.05) is 24.3 Å². The molecule has 0 saturated carbocycles. The molecule has 0 radical (unpaired) electrons. The number of sulfonamides is 1. The van der Waals surface area contributed by atoms with Gasteiger partial charge < -0.3 is 0 Å². The van der Waals surface area contributed by atoms with Gasteiger partial charge in [-0.15, -0.1) is 16.2 Å². The van der Waals surface area contributed by atoms with E-state index in [0.29, 0.717) is 10.8 Å². The van der Waals surface area contributed by atoms with Crippen LogP contribution in [0.15, 0.2) is 41.8 Å². The van der Waals surface area contributed by atoms with Crippen LogP contribution in [-0.4, -0.2) is 14.3 Å². The predicted molar refractivity (Wildman–Crippen MR) is 101 cm³/mol. The average Bonchev–Trinajstić information content (AvgIpc) is 3.02. The molecule has 0 saturated heterocycles. The molecule has 1 atom stereocenters. The lowest BCUT2D eigenvalue weighted by Crippen LogP contribution is -2.40. The maximum atomic E-state index is 12.2. The van der Waals surface area contributed by atoms with Crippen molar-refractivity contribution in [2.45, 2.75) is 26.2 Å². The van der Waals surface area contributed by atoms with E-state index in [2.05, 4.69) is 17.2 Å². The molecule has 1 aromatic carbocycles. The third-order valence-corrected chi connectivity index (χ3v) is 6.22. The first-order chi connectivity index (χ1) is 11.9. The molecule has 1 aromatic heterocycles. The van der Waals surface area contributed by atoms with Gasteiger partial charge in [-0.3, -0.25) is 10.2 Å². The summed E-state index contributed by atoms with van der Waals surface area (Å²) in [5.74, 6) is 0.198. The van der Waals surface area contributed by atoms with Gasteiger partial charge in [0.2, 0.25) is 0 Å². The highest BCUT2D eigenvalue weighted by Crippen LogP contribution is 2.32. The predicted octanol–water partition coefficient (Wildman–Crippen LogP) is 3.11. The smallest absolute Gasteiger partial charge is 0.273 e. The summed E-state index contributed by atoms with van der Waals surface area (Å²) in [6.45, 7) is 2.20. The molecule has 0 bridgehead atoms. The number of nitrogens with one attached hydrogen (secondary N) is 2. The molecular weight excluding hydrogens is 356 g/mol. The Kier molecular flexibility index (Phi) is 5.36. The second kappa shape index (κ2) is 7.51. The average molecular weight is 377 g/mol. The SMILES string of the molecule is C[C@H]1CCc2sc(C(=O)NNS(=O)(=O)/C=C/c3ccccc3)cc2C1. The van der Waals surface area contributed by atoms with Crippen molar-refractivity contribution in [2.75, 3.05) is 0 Å². The van der Waals surface area contributed by atoms with Crippen LogP contribution >= 0.6 is 11.3 Å². The summed E-state index contributed by atoms with van der Waals surface area (Å²) in [5.41, 5.74) is 4.25. The molecule has 0 aliphatic heterocycles. The summed E-state index contributed by atoms with van der Waals surface area (Å²) in [7, 11) is -3.75. The summed E-state index contributed by atoms with van der Waals surface area (Å²) in [4.78, 5) is 16.1. The van der Waals surface area contributed by atoms with E-state index in [-0.39, 0.29) is 0 Å². The van der Waals surface area contributed by atoms with Gasteiger partial charge in [-0.05, 0) is 48.4 Å². The van der Waals surface area contributed by atoms with E-state index in [4.69, 9.17) is 0 Å². The minimum atomic E-state index is -3.75. The maximum Gasteiger partial charge on any atom is 0.276 e. The number of fused-ring (bicyclic) bond motifs is 1. The molecule has 0 fully saturated rings. The summed E-state index contributed by atoms with van der Waals surface area (Å²) >= 11 is 1.44. The van der Waals surface area contributed by atoms with Crippen LogP contribution in [0.25, 0.3) is 6.08 Å². The molecule has 25 heavy (non-hydrogen) atoms. The maximum absolute atomic E-state index is 12.2. The van der Waals surface area contributed by atoms with Crippen LogP contribution in [-0.2, 0) is 22.9 Å². The van der Waals surface area contributed by atoms with Gasteiger partial charge in [-0.1, -0.05) is 37.3 Å². The van der Waals surface area contributed by atoms with Crippen molar-refractivity contribution in [3.05, 3.63) is 62.7 Å². The molecule has 2 N–H and O–H groups in total.